The van der Waals surface area contributed by atoms with Gasteiger partial charge in [-0.05, 0) is 61.3 Å². The summed E-state index contributed by atoms with van der Waals surface area (Å²) in [4.78, 5) is 0. The maximum absolute atomic E-state index is 6.30. The second kappa shape index (κ2) is 7.83. The molecule has 0 bridgehead atoms. The Morgan fingerprint density at radius 1 is 1.14 bits per heavy atom. The van der Waals surface area contributed by atoms with Gasteiger partial charge in [0.2, 0.25) is 0 Å². The lowest BCUT2D eigenvalue weighted by Gasteiger charge is -2.10. The highest BCUT2D eigenvalue weighted by Gasteiger charge is 2.05. The molecule has 0 fully saturated rings. The van der Waals surface area contributed by atoms with Crippen LogP contribution in [0, 0.1) is 6.92 Å². The molecule has 0 saturated heterocycles. The van der Waals surface area contributed by atoms with Crippen LogP contribution in [-0.4, -0.2) is 6.54 Å². The van der Waals surface area contributed by atoms with Crippen molar-refractivity contribution in [2.75, 3.05) is 6.54 Å². The fourth-order valence-corrected chi connectivity index (χ4v) is 2.44. The predicted octanol–water partition coefficient (Wildman–Crippen LogP) is 5.70. The molecule has 21 heavy (non-hydrogen) atoms. The van der Waals surface area contributed by atoms with E-state index in [1.54, 1.807) is 0 Å². The van der Waals surface area contributed by atoms with Crippen LogP contribution in [0.15, 0.2) is 40.9 Å². The first-order valence-corrected chi connectivity index (χ1v) is 8.20. The van der Waals surface area contributed by atoms with E-state index in [9.17, 15) is 0 Å². The molecule has 2 aromatic rings. The molecule has 0 aliphatic heterocycles. The predicted molar refractivity (Wildman–Crippen MR) is 92.4 cm³/mol. The average Bonchev–Trinajstić information content (AvgIpc) is 2.45. The molecule has 0 spiro atoms. The molecular weight excluding hydrogens is 350 g/mol. The third kappa shape index (κ3) is 4.73. The van der Waals surface area contributed by atoms with E-state index in [0.29, 0.717) is 0 Å². The van der Waals surface area contributed by atoms with Crippen molar-refractivity contribution in [3.05, 3.63) is 57.0 Å². The van der Waals surface area contributed by atoms with Crippen LogP contribution in [0.3, 0.4) is 0 Å². The molecule has 0 aliphatic carbocycles. The van der Waals surface area contributed by atoms with E-state index < -0.39 is 0 Å². The summed E-state index contributed by atoms with van der Waals surface area (Å²) in [6.45, 7) is 5.95. The molecule has 0 unspecified atom stereocenters. The number of halogens is 2. The minimum Gasteiger partial charge on any atom is -0.457 e. The van der Waals surface area contributed by atoms with Gasteiger partial charge in [0.15, 0.2) is 0 Å². The van der Waals surface area contributed by atoms with Gasteiger partial charge in [-0.1, -0.05) is 40.5 Å². The van der Waals surface area contributed by atoms with E-state index in [4.69, 9.17) is 16.3 Å². The van der Waals surface area contributed by atoms with Gasteiger partial charge in [0.05, 0.1) is 0 Å². The summed E-state index contributed by atoms with van der Waals surface area (Å²) >= 11 is 9.79. The fraction of sp³-hybridized carbons (Fsp3) is 0.294. The fourth-order valence-electron chi connectivity index (χ4n) is 1.95. The Labute approximate surface area is 139 Å². The standard InChI is InChI=1S/C17H19BrClNO/c1-3-8-20-11-13-4-5-15(10-17(13)19)21-14-6-7-16(18)12(2)9-14/h4-7,9-10,20H,3,8,11H2,1-2H3. The van der Waals surface area contributed by atoms with Crippen LogP contribution < -0.4 is 10.1 Å². The van der Waals surface area contributed by atoms with Crippen molar-refractivity contribution < 1.29 is 4.74 Å². The second-order valence-electron chi connectivity index (χ2n) is 4.94. The first-order chi connectivity index (χ1) is 10.1. The Balaban J connectivity index is 2.07. The molecule has 112 valence electrons. The van der Waals surface area contributed by atoms with E-state index in [2.05, 4.69) is 28.2 Å². The highest BCUT2D eigenvalue weighted by atomic mass is 79.9. The van der Waals surface area contributed by atoms with Crippen molar-refractivity contribution in [2.45, 2.75) is 26.8 Å². The molecular formula is C17H19BrClNO. The highest BCUT2D eigenvalue weighted by Crippen LogP contribution is 2.29. The van der Waals surface area contributed by atoms with E-state index in [1.807, 2.05) is 43.3 Å². The summed E-state index contributed by atoms with van der Waals surface area (Å²) in [7, 11) is 0. The van der Waals surface area contributed by atoms with E-state index >= 15 is 0 Å². The van der Waals surface area contributed by atoms with Gasteiger partial charge in [0.1, 0.15) is 11.5 Å². The molecule has 0 heterocycles. The summed E-state index contributed by atoms with van der Waals surface area (Å²) in [6, 6.07) is 11.7. The first kappa shape index (κ1) is 16.3. The Morgan fingerprint density at radius 2 is 1.86 bits per heavy atom. The quantitative estimate of drug-likeness (QED) is 0.660. The number of rotatable bonds is 6. The maximum atomic E-state index is 6.30. The normalized spacial score (nSPS) is 10.7. The summed E-state index contributed by atoms with van der Waals surface area (Å²) in [6.07, 6.45) is 1.11. The number of hydrogen-bond acceptors (Lipinski definition) is 2. The van der Waals surface area contributed by atoms with Crippen LogP contribution in [0.4, 0.5) is 0 Å². The molecule has 2 aromatic carbocycles. The minimum absolute atomic E-state index is 0.727. The van der Waals surface area contributed by atoms with E-state index in [-0.39, 0.29) is 0 Å². The monoisotopic (exact) mass is 367 g/mol. The van der Waals surface area contributed by atoms with E-state index in [0.717, 1.165) is 51.6 Å². The lowest BCUT2D eigenvalue weighted by atomic mass is 10.2. The lowest BCUT2D eigenvalue weighted by Crippen LogP contribution is -2.13. The molecule has 2 nitrogen and oxygen atoms in total. The molecule has 2 rings (SSSR count). The number of nitrogens with one attached hydrogen (secondary N) is 1. The van der Waals surface area contributed by atoms with Crippen molar-refractivity contribution in [1.29, 1.82) is 0 Å². The van der Waals surface area contributed by atoms with E-state index in [1.165, 1.54) is 0 Å². The maximum Gasteiger partial charge on any atom is 0.128 e. The van der Waals surface area contributed by atoms with Crippen molar-refractivity contribution in [3.63, 3.8) is 0 Å². The lowest BCUT2D eigenvalue weighted by molar-refractivity contribution is 0.482. The van der Waals surface area contributed by atoms with Crippen LogP contribution >= 0.6 is 27.5 Å². The van der Waals surface area contributed by atoms with Crippen LogP contribution in [0.5, 0.6) is 11.5 Å². The summed E-state index contributed by atoms with van der Waals surface area (Å²) in [5, 5.41) is 4.07. The van der Waals surface area contributed by atoms with Crippen LogP contribution in [0.25, 0.3) is 0 Å². The second-order valence-corrected chi connectivity index (χ2v) is 6.20. The molecule has 0 aromatic heterocycles. The van der Waals surface area contributed by atoms with Gasteiger partial charge < -0.3 is 10.1 Å². The van der Waals surface area contributed by atoms with Crippen molar-refractivity contribution in [3.8, 4) is 11.5 Å². The SMILES string of the molecule is CCCNCc1ccc(Oc2ccc(Br)c(C)c2)cc1Cl. The van der Waals surface area contributed by atoms with Gasteiger partial charge in [-0.3, -0.25) is 0 Å². The summed E-state index contributed by atoms with van der Waals surface area (Å²) < 4.78 is 6.92. The topological polar surface area (TPSA) is 21.3 Å². The Morgan fingerprint density at radius 3 is 2.52 bits per heavy atom. The molecule has 0 atom stereocenters. The average molecular weight is 369 g/mol. The zero-order valence-corrected chi connectivity index (χ0v) is 14.6. The molecule has 0 radical (unpaired) electrons. The largest absolute Gasteiger partial charge is 0.457 e. The van der Waals surface area contributed by atoms with Gasteiger partial charge in [0.25, 0.3) is 0 Å². The Kier molecular flexibility index (Phi) is 6.09. The van der Waals surface area contributed by atoms with Gasteiger partial charge in [-0.15, -0.1) is 0 Å². The zero-order valence-electron chi connectivity index (χ0n) is 12.2. The molecule has 0 saturated carbocycles. The number of aryl methyl sites for hydroxylation is 1. The van der Waals surface area contributed by atoms with Crippen molar-refractivity contribution >= 4 is 27.5 Å². The van der Waals surface area contributed by atoms with Crippen molar-refractivity contribution in [1.82, 2.24) is 5.32 Å². The zero-order chi connectivity index (χ0) is 15.2. The van der Waals surface area contributed by atoms with Crippen LogP contribution in [0.1, 0.15) is 24.5 Å². The smallest absolute Gasteiger partial charge is 0.128 e. The number of hydrogen-bond donors (Lipinski definition) is 1. The van der Waals surface area contributed by atoms with Gasteiger partial charge >= 0.3 is 0 Å². The summed E-state index contributed by atoms with van der Waals surface area (Å²) in [5.41, 5.74) is 2.23. The summed E-state index contributed by atoms with van der Waals surface area (Å²) in [5.74, 6) is 1.56. The number of benzene rings is 2. The molecule has 0 aliphatic rings. The van der Waals surface area contributed by atoms with Crippen LogP contribution in [-0.2, 0) is 6.54 Å². The third-order valence-corrected chi connectivity index (χ3v) is 4.37. The van der Waals surface area contributed by atoms with Gasteiger partial charge in [0, 0.05) is 16.0 Å². The van der Waals surface area contributed by atoms with Crippen LogP contribution in [0.2, 0.25) is 5.02 Å². The molecule has 0 amide bonds. The van der Waals surface area contributed by atoms with Gasteiger partial charge in [-0.25, -0.2) is 0 Å². The Bertz CT molecular complexity index is 616. The minimum atomic E-state index is 0.727. The first-order valence-electron chi connectivity index (χ1n) is 7.03. The Hall–Kier alpha value is -1.03. The van der Waals surface area contributed by atoms with Crippen molar-refractivity contribution in [2.24, 2.45) is 0 Å². The van der Waals surface area contributed by atoms with Gasteiger partial charge in [-0.2, -0.15) is 0 Å². The molecule has 1 N–H and O–H groups in total. The highest BCUT2D eigenvalue weighted by molar-refractivity contribution is 9.10. The molecule has 4 heteroatoms. The number of ether oxygens (including phenoxy) is 1. The third-order valence-electron chi connectivity index (χ3n) is 3.13.